The van der Waals surface area contributed by atoms with Crippen LogP contribution in [0.5, 0.6) is 5.75 Å². The zero-order valence-electron chi connectivity index (χ0n) is 17.7. The second-order valence-electron chi connectivity index (χ2n) is 7.89. The molecule has 0 fully saturated rings. The maximum Gasteiger partial charge on any atom is 0.261 e. The van der Waals surface area contributed by atoms with Gasteiger partial charge in [0.15, 0.2) is 6.61 Å². The Hall–Kier alpha value is -3.80. The first-order valence-corrected chi connectivity index (χ1v) is 10.4. The molecule has 3 heterocycles. The normalized spacial score (nSPS) is 12.8. The Morgan fingerprint density at radius 3 is 2.58 bits per heavy atom. The average molecular weight is 412 g/mol. The van der Waals surface area contributed by atoms with Crippen molar-refractivity contribution in [3.63, 3.8) is 0 Å². The third-order valence-electron chi connectivity index (χ3n) is 5.62. The molecule has 1 amide bonds. The zero-order valence-corrected chi connectivity index (χ0v) is 17.7. The number of hydrogen-bond acceptors (Lipinski definition) is 3. The zero-order chi connectivity index (χ0) is 21.4. The number of nitrogens with zero attached hydrogens (tertiary/aromatic N) is 4. The number of carbonyl (C=O) groups is 1. The molecule has 1 aliphatic rings. The molecule has 0 atom stereocenters. The van der Waals surface area contributed by atoms with Gasteiger partial charge in [-0.05, 0) is 55.3 Å². The van der Waals surface area contributed by atoms with Crippen LogP contribution in [0.2, 0.25) is 0 Å². The van der Waals surface area contributed by atoms with Crippen LogP contribution >= 0.6 is 0 Å². The molecule has 0 bridgehead atoms. The van der Waals surface area contributed by atoms with Gasteiger partial charge in [-0.1, -0.05) is 30.3 Å². The Bertz CT molecular complexity index is 1240. The van der Waals surface area contributed by atoms with E-state index in [4.69, 9.17) is 9.84 Å². The molecule has 6 heteroatoms. The number of benzene rings is 2. The fourth-order valence-electron chi connectivity index (χ4n) is 4.01. The van der Waals surface area contributed by atoms with Crippen molar-refractivity contribution in [2.45, 2.75) is 26.9 Å². The molecule has 31 heavy (non-hydrogen) atoms. The first kappa shape index (κ1) is 19.2. The number of carbonyl (C=O) groups excluding carboxylic acids is 1. The number of aryl methyl sites for hydroxylation is 2. The molecule has 0 aliphatic carbocycles. The molecule has 0 unspecified atom stereocenters. The van der Waals surface area contributed by atoms with Crippen LogP contribution in [0.3, 0.4) is 0 Å². The number of ether oxygens (including phenoxy) is 1. The van der Waals surface area contributed by atoms with E-state index < -0.39 is 0 Å². The fraction of sp³-hybridized carbons (Fsp3) is 0.200. The van der Waals surface area contributed by atoms with Gasteiger partial charge in [-0.3, -0.25) is 4.79 Å². The van der Waals surface area contributed by atoms with E-state index in [1.165, 1.54) is 5.56 Å². The van der Waals surface area contributed by atoms with Crippen molar-refractivity contribution in [1.82, 2.24) is 19.2 Å². The number of rotatable bonds is 5. The maximum absolute atomic E-state index is 12.9. The summed E-state index contributed by atoms with van der Waals surface area (Å²) in [6, 6.07) is 20.0. The van der Waals surface area contributed by atoms with Crippen LogP contribution < -0.4 is 4.74 Å². The van der Waals surface area contributed by atoms with Crippen molar-refractivity contribution in [2.75, 3.05) is 6.61 Å². The van der Waals surface area contributed by atoms with Gasteiger partial charge < -0.3 is 14.2 Å². The van der Waals surface area contributed by atoms with Crippen molar-refractivity contribution in [3.05, 3.63) is 95.4 Å². The summed E-state index contributed by atoms with van der Waals surface area (Å²) in [5.41, 5.74) is 5.20. The Morgan fingerprint density at radius 1 is 1.00 bits per heavy atom. The number of para-hydroxylation sites is 1. The number of amides is 1. The fourth-order valence-corrected chi connectivity index (χ4v) is 4.01. The minimum atomic E-state index is -0.0400. The molecule has 1 aliphatic heterocycles. The quantitative estimate of drug-likeness (QED) is 0.494. The molecule has 0 radical (unpaired) electrons. The molecule has 4 aromatic rings. The standard InChI is InChI=1S/C25H24N4O2/c1-18-8-7-10-20(14-18)29-25(27-12-5-6-13-27)21-15-28(16-22(21)26-29)24(30)17-31-23-11-4-3-9-19(23)2/h3-14H,15-17H2,1-2H3. The highest BCUT2D eigenvalue weighted by Crippen LogP contribution is 2.31. The SMILES string of the molecule is Cc1cccc(-n2nc3c(c2-n2cccc2)CN(C(=O)COc2ccccc2C)C3)c1. The topological polar surface area (TPSA) is 52.3 Å². The summed E-state index contributed by atoms with van der Waals surface area (Å²) in [6.45, 7) is 5.07. The van der Waals surface area contributed by atoms with E-state index in [0.29, 0.717) is 13.1 Å². The van der Waals surface area contributed by atoms with Gasteiger partial charge in [0.2, 0.25) is 0 Å². The molecule has 5 rings (SSSR count). The van der Waals surface area contributed by atoms with Crippen LogP contribution in [0, 0.1) is 13.8 Å². The third-order valence-corrected chi connectivity index (χ3v) is 5.62. The lowest BCUT2D eigenvalue weighted by Gasteiger charge is -2.18. The highest BCUT2D eigenvalue weighted by atomic mass is 16.5. The smallest absolute Gasteiger partial charge is 0.261 e. The van der Waals surface area contributed by atoms with Crippen LogP contribution in [-0.4, -0.2) is 31.8 Å². The third kappa shape index (κ3) is 3.61. The summed E-state index contributed by atoms with van der Waals surface area (Å²) in [6.07, 6.45) is 4.02. The minimum absolute atomic E-state index is 0.0197. The van der Waals surface area contributed by atoms with Gasteiger partial charge in [-0.25, -0.2) is 4.68 Å². The molecule has 0 saturated carbocycles. The first-order chi connectivity index (χ1) is 15.1. The lowest BCUT2D eigenvalue weighted by atomic mass is 10.2. The van der Waals surface area contributed by atoms with Crippen LogP contribution in [0.15, 0.2) is 73.1 Å². The molecular formula is C25H24N4O2. The van der Waals surface area contributed by atoms with E-state index >= 15 is 0 Å². The van der Waals surface area contributed by atoms with E-state index in [2.05, 4.69) is 29.7 Å². The van der Waals surface area contributed by atoms with Gasteiger partial charge in [-0.2, -0.15) is 5.10 Å². The van der Waals surface area contributed by atoms with Crippen molar-refractivity contribution >= 4 is 5.91 Å². The first-order valence-electron chi connectivity index (χ1n) is 10.4. The summed E-state index contributed by atoms with van der Waals surface area (Å²) < 4.78 is 9.81. The van der Waals surface area contributed by atoms with Crippen molar-refractivity contribution in [2.24, 2.45) is 0 Å². The highest BCUT2D eigenvalue weighted by Gasteiger charge is 2.31. The van der Waals surface area contributed by atoms with Gasteiger partial charge >= 0.3 is 0 Å². The van der Waals surface area contributed by atoms with Crippen molar-refractivity contribution in [3.8, 4) is 17.3 Å². The average Bonchev–Trinajstić information content (AvgIpc) is 3.49. The van der Waals surface area contributed by atoms with Gasteiger partial charge in [0.25, 0.3) is 5.91 Å². The molecular weight excluding hydrogens is 388 g/mol. The van der Waals surface area contributed by atoms with Crippen LogP contribution in [0.4, 0.5) is 0 Å². The molecule has 2 aromatic carbocycles. The summed E-state index contributed by atoms with van der Waals surface area (Å²) in [7, 11) is 0. The minimum Gasteiger partial charge on any atom is -0.484 e. The van der Waals surface area contributed by atoms with E-state index in [-0.39, 0.29) is 12.5 Å². The Balaban J connectivity index is 1.41. The van der Waals surface area contributed by atoms with Crippen LogP contribution in [-0.2, 0) is 17.9 Å². The van der Waals surface area contributed by atoms with Gasteiger partial charge in [0.05, 0.1) is 24.5 Å². The number of aromatic nitrogens is 3. The van der Waals surface area contributed by atoms with Crippen molar-refractivity contribution in [1.29, 1.82) is 0 Å². The predicted octanol–water partition coefficient (Wildman–Crippen LogP) is 4.20. The van der Waals surface area contributed by atoms with Crippen LogP contribution in [0.1, 0.15) is 22.4 Å². The maximum atomic E-state index is 12.9. The largest absolute Gasteiger partial charge is 0.484 e. The lowest BCUT2D eigenvalue weighted by molar-refractivity contribution is -0.134. The Morgan fingerprint density at radius 2 is 1.81 bits per heavy atom. The second-order valence-corrected chi connectivity index (χ2v) is 7.89. The van der Waals surface area contributed by atoms with E-state index in [1.807, 2.05) is 71.4 Å². The highest BCUT2D eigenvalue weighted by molar-refractivity contribution is 5.78. The molecule has 0 N–H and O–H groups in total. The van der Waals surface area contributed by atoms with Gasteiger partial charge in [-0.15, -0.1) is 0 Å². The number of fused-ring (bicyclic) bond motifs is 1. The molecule has 156 valence electrons. The van der Waals surface area contributed by atoms with Gasteiger partial charge in [0.1, 0.15) is 11.6 Å². The van der Waals surface area contributed by atoms with Crippen molar-refractivity contribution < 1.29 is 9.53 Å². The molecule has 2 aromatic heterocycles. The van der Waals surface area contributed by atoms with E-state index in [9.17, 15) is 4.79 Å². The Labute approximate surface area is 181 Å². The summed E-state index contributed by atoms with van der Waals surface area (Å²) >= 11 is 0. The number of hydrogen-bond donors (Lipinski definition) is 0. The molecule has 0 saturated heterocycles. The van der Waals surface area contributed by atoms with E-state index in [0.717, 1.165) is 34.1 Å². The van der Waals surface area contributed by atoms with Gasteiger partial charge in [0, 0.05) is 18.0 Å². The van der Waals surface area contributed by atoms with Crippen LogP contribution in [0.25, 0.3) is 11.5 Å². The summed E-state index contributed by atoms with van der Waals surface area (Å²) in [5, 5.41) is 4.88. The summed E-state index contributed by atoms with van der Waals surface area (Å²) in [4.78, 5) is 14.7. The molecule has 0 spiro atoms. The summed E-state index contributed by atoms with van der Waals surface area (Å²) in [5.74, 6) is 1.67. The Kier molecular flexibility index (Phi) is 4.82. The second kappa shape index (κ2) is 7.80. The lowest BCUT2D eigenvalue weighted by Crippen LogP contribution is -2.31. The predicted molar refractivity (Wildman–Crippen MR) is 119 cm³/mol. The molecule has 6 nitrogen and oxygen atoms in total. The monoisotopic (exact) mass is 412 g/mol. The van der Waals surface area contributed by atoms with E-state index in [1.54, 1.807) is 0 Å².